The maximum Gasteiger partial charge on any atom is 0.359 e. The molecule has 116 valence electrons. The lowest BCUT2D eigenvalue weighted by Crippen LogP contribution is -2.21. The standard InChI is InChI=1S/C14H11N5O3S/c1-8-18-19-14(23-8)17-12(20)7-22-13(21)11-6-15-9-4-2-3-5-10(9)16-11/h2-6H,7H2,1H3,(H,17,19,20). The van der Waals surface area contributed by atoms with Gasteiger partial charge in [0.25, 0.3) is 5.91 Å². The van der Waals surface area contributed by atoms with Gasteiger partial charge in [-0.3, -0.25) is 15.1 Å². The van der Waals surface area contributed by atoms with Crippen LogP contribution in [0.2, 0.25) is 0 Å². The molecule has 0 saturated carbocycles. The van der Waals surface area contributed by atoms with Crippen molar-refractivity contribution in [2.24, 2.45) is 0 Å². The van der Waals surface area contributed by atoms with Crippen molar-refractivity contribution in [3.63, 3.8) is 0 Å². The SMILES string of the molecule is Cc1nnc(NC(=O)COC(=O)c2cnc3ccccc3n2)s1. The quantitative estimate of drug-likeness (QED) is 0.724. The van der Waals surface area contributed by atoms with E-state index < -0.39 is 18.5 Å². The molecule has 0 spiro atoms. The maximum atomic E-state index is 11.9. The molecule has 0 saturated heterocycles. The van der Waals surface area contributed by atoms with Crippen LogP contribution in [0.1, 0.15) is 15.5 Å². The second-order valence-corrected chi connectivity index (χ2v) is 5.68. The zero-order valence-corrected chi connectivity index (χ0v) is 12.8. The van der Waals surface area contributed by atoms with Crippen LogP contribution in [0.15, 0.2) is 30.5 Å². The summed E-state index contributed by atoms with van der Waals surface area (Å²) in [5.41, 5.74) is 1.30. The highest BCUT2D eigenvalue weighted by Gasteiger charge is 2.14. The van der Waals surface area contributed by atoms with E-state index in [0.29, 0.717) is 16.2 Å². The summed E-state index contributed by atoms with van der Waals surface area (Å²) in [7, 11) is 0. The highest BCUT2D eigenvalue weighted by Crippen LogP contribution is 2.13. The van der Waals surface area contributed by atoms with Gasteiger partial charge in [0.1, 0.15) is 5.01 Å². The fourth-order valence-electron chi connectivity index (χ4n) is 1.76. The highest BCUT2D eigenvalue weighted by molar-refractivity contribution is 7.15. The van der Waals surface area contributed by atoms with Crippen molar-refractivity contribution in [2.75, 3.05) is 11.9 Å². The number of para-hydroxylation sites is 2. The Balaban J connectivity index is 1.60. The van der Waals surface area contributed by atoms with Crippen molar-refractivity contribution in [3.05, 3.63) is 41.2 Å². The number of nitrogens with one attached hydrogen (secondary N) is 1. The second-order valence-electron chi connectivity index (χ2n) is 4.49. The van der Waals surface area contributed by atoms with E-state index >= 15 is 0 Å². The Kier molecular flexibility index (Phi) is 4.20. The monoisotopic (exact) mass is 329 g/mol. The number of aromatic nitrogens is 4. The van der Waals surface area contributed by atoms with Crippen LogP contribution in [0.25, 0.3) is 11.0 Å². The third-order valence-electron chi connectivity index (χ3n) is 2.76. The van der Waals surface area contributed by atoms with E-state index in [2.05, 4.69) is 25.5 Å². The molecule has 0 radical (unpaired) electrons. The van der Waals surface area contributed by atoms with Crippen LogP contribution in [0, 0.1) is 6.92 Å². The molecule has 0 fully saturated rings. The fourth-order valence-corrected chi connectivity index (χ4v) is 2.37. The molecule has 8 nitrogen and oxygen atoms in total. The van der Waals surface area contributed by atoms with Crippen molar-refractivity contribution < 1.29 is 14.3 Å². The van der Waals surface area contributed by atoms with E-state index in [1.54, 1.807) is 25.1 Å². The molecule has 0 aliphatic heterocycles. The van der Waals surface area contributed by atoms with Gasteiger partial charge in [-0.25, -0.2) is 9.78 Å². The lowest BCUT2D eigenvalue weighted by Gasteiger charge is -2.04. The molecule has 3 rings (SSSR count). The summed E-state index contributed by atoms with van der Waals surface area (Å²) in [6.45, 7) is 1.33. The Morgan fingerprint density at radius 1 is 1.22 bits per heavy atom. The molecule has 0 aliphatic rings. The minimum absolute atomic E-state index is 0.0447. The van der Waals surface area contributed by atoms with Crippen LogP contribution in [0.5, 0.6) is 0 Å². The summed E-state index contributed by atoms with van der Waals surface area (Å²) in [4.78, 5) is 31.9. The molecule has 1 amide bonds. The first kappa shape index (κ1) is 15.0. The molecule has 2 heterocycles. The minimum Gasteiger partial charge on any atom is -0.451 e. The Hall–Kier alpha value is -2.94. The van der Waals surface area contributed by atoms with Crippen LogP contribution in [-0.4, -0.2) is 38.6 Å². The smallest absolute Gasteiger partial charge is 0.359 e. The maximum absolute atomic E-state index is 11.9. The van der Waals surface area contributed by atoms with Gasteiger partial charge in [-0.15, -0.1) is 10.2 Å². The molecule has 1 N–H and O–H groups in total. The number of rotatable bonds is 4. The lowest BCUT2D eigenvalue weighted by molar-refractivity contribution is -0.119. The number of hydrogen-bond donors (Lipinski definition) is 1. The average molecular weight is 329 g/mol. The number of amides is 1. The summed E-state index contributed by atoms with van der Waals surface area (Å²) in [5, 5.41) is 11.1. The largest absolute Gasteiger partial charge is 0.451 e. The normalized spacial score (nSPS) is 10.5. The predicted octanol–water partition coefficient (Wildman–Crippen LogP) is 1.59. The van der Waals surface area contributed by atoms with Gasteiger partial charge in [0, 0.05) is 0 Å². The fraction of sp³-hybridized carbons (Fsp3) is 0.143. The van der Waals surface area contributed by atoms with Crippen LogP contribution in [0.4, 0.5) is 5.13 Å². The van der Waals surface area contributed by atoms with Crippen LogP contribution >= 0.6 is 11.3 Å². The average Bonchev–Trinajstić information content (AvgIpc) is 2.97. The van der Waals surface area contributed by atoms with Gasteiger partial charge in [-0.05, 0) is 19.1 Å². The van der Waals surface area contributed by atoms with Crippen molar-refractivity contribution in [3.8, 4) is 0 Å². The van der Waals surface area contributed by atoms with Gasteiger partial charge in [0.15, 0.2) is 12.3 Å². The lowest BCUT2D eigenvalue weighted by atomic mass is 10.3. The summed E-state index contributed by atoms with van der Waals surface area (Å²) in [5.74, 6) is -1.21. The van der Waals surface area contributed by atoms with E-state index in [4.69, 9.17) is 4.74 Å². The van der Waals surface area contributed by atoms with Crippen molar-refractivity contribution in [1.82, 2.24) is 20.2 Å². The molecular weight excluding hydrogens is 318 g/mol. The van der Waals surface area contributed by atoms with E-state index in [-0.39, 0.29) is 5.69 Å². The van der Waals surface area contributed by atoms with Gasteiger partial charge in [0.05, 0.1) is 17.2 Å². The Bertz CT molecular complexity index is 879. The number of carbonyl (C=O) groups is 2. The Labute approximate surface area is 134 Å². The topological polar surface area (TPSA) is 107 Å². The third kappa shape index (κ3) is 3.64. The second kappa shape index (κ2) is 6.44. The molecule has 0 aliphatic carbocycles. The Morgan fingerprint density at radius 2 is 2.00 bits per heavy atom. The number of fused-ring (bicyclic) bond motifs is 1. The molecule has 0 bridgehead atoms. The molecule has 9 heteroatoms. The van der Waals surface area contributed by atoms with Crippen molar-refractivity contribution >= 4 is 39.4 Å². The van der Waals surface area contributed by atoms with Gasteiger partial charge < -0.3 is 4.74 Å². The Morgan fingerprint density at radius 3 is 2.74 bits per heavy atom. The summed E-state index contributed by atoms with van der Waals surface area (Å²) < 4.78 is 4.92. The zero-order chi connectivity index (χ0) is 16.2. The number of anilines is 1. The number of aryl methyl sites for hydroxylation is 1. The highest BCUT2D eigenvalue weighted by atomic mass is 32.1. The van der Waals surface area contributed by atoms with E-state index in [1.165, 1.54) is 17.5 Å². The number of hydrogen-bond acceptors (Lipinski definition) is 8. The van der Waals surface area contributed by atoms with E-state index in [1.807, 2.05) is 6.07 Å². The summed E-state index contributed by atoms with van der Waals surface area (Å²) >= 11 is 1.23. The first-order valence-corrected chi connectivity index (χ1v) is 7.42. The summed E-state index contributed by atoms with van der Waals surface area (Å²) in [6.07, 6.45) is 1.32. The third-order valence-corrected chi connectivity index (χ3v) is 3.52. The van der Waals surface area contributed by atoms with Gasteiger partial charge in [0.2, 0.25) is 5.13 Å². The molecule has 0 atom stereocenters. The van der Waals surface area contributed by atoms with E-state index in [9.17, 15) is 9.59 Å². The van der Waals surface area contributed by atoms with Gasteiger partial charge >= 0.3 is 5.97 Å². The molecule has 0 unspecified atom stereocenters. The van der Waals surface area contributed by atoms with Crippen molar-refractivity contribution in [2.45, 2.75) is 6.92 Å². The zero-order valence-electron chi connectivity index (χ0n) is 12.0. The van der Waals surface area contributed by atoms with Crippen molar-refractivity contribution in [1.29, 1.82) is 0 Å². The van der Waals surface area contributed by atoms with E-state index in [0.717, 1.165) is 5.01 Å². The first-order valence-electron chi connectivity index (χ1n) is 6.61. The van der Waals surface area contributed by atoms with Gasteiger partial charge in [-0.1, -0.05) is 23.5 Å². The first-order chi connectivity index (χ1) is 11.1. The van der Waals surface area contributed by atoms with Crippen LogP contribution in [0.3, 0.4) is 0 Å². The molecule has 3 aromatic rings. The number of ether oxygens (including phenoxy) is 1. The number of benzene rings is 1. The predicted molar refractivity (Wildman–Crippen MR) is 83.1 cm³/mol. The molecule has 2 aromatic heterocycles. The number of nitrogens with zero attached hydrogens (tertiary/aromatic N) is 4. The summed E-state index contributed by atoms with van der Waals surface area (Å²) in [6, 6.07) is 7.15. The molecular formula is C14H11N5O3S. The number of esters is 1. The van der Waals surface area contributed by atoms with Crippen LogP contribution in [-0.2, 0) is 9.53 Å². The van der Waals surface area contributed by atoms with Crippen LogP contribution < -0.4 is 5.32 Å². The van der Waals surface area contributed by atoms with Gasteiger partial charge in [-0.2, -0.15) is 0 Å². The molecule has 1 aromatic carbocycles. The number of carbonyl (C=O) groups excluding carboxylic acids is 2. The molecule has 23 heavy (non-hydrogen) atoms. The minimum atomic E-state index is -0.716.